The number of hydrogen-bond donors (Lipinski definition) is 2. The van der Waals surface area contributed by atoms with Crippen molar-refractivity contribution in [1.29, 1.82) is 0 Å². The second kappa shape index (κ2) is 6.05. The lowest BCUT2D eigenvalue weighted by Crippen LogP contribution is -2.14. The number of para-hydroxylation sites is 2. The van der Waals surface area contributed by atoms with Gasteiger partial charge in [-0.25, -0.2) is 8.42 Å². The number of aryl methyl sites for hydroxylation is 1. The van der Waals surface area contributed by atoms with E-state index in [0.29, 0.717) is 17.1 Å². The van der Waals surface area contributed by atoms with Crippen molar-refractivity contribution in [2.45, 2.75) is 18.2 Å². The molecule has 0 heterocycles. The molecule has 2 aromatic carbocycles. The van der Waals surface area contributed by atoms with Gasteiger partial charge in [0.1, 0.15) is 5.75 Å². The standard InChI is InChI=1S/C15H18N2O3S/c1-3-11-8-9-12(10-13(11)16)21(18,19)17-14-6-4-5-7-15(14)20-2/h4-10,17H,3,16H2,1-2H3. The van der Waals surface area contributed by atoms with E-state index in [0.717, 1.165) is 12.0 Å². The van der Waals surface area contributed by atoms with E-state index < -0.39 is 10.0 Å². The predicted octanol–water partition coefficient (Wildman–Crippen LogP) is 2.64. The molecule has 0 aliphatic rings. The number of ether oxygens (including phenoxy) is 1. The van der Waals surface area contributed by atoms with E-state index in [1.54, 1.807) is 36.4 Å². The Balaban J connectivity index is 2.36. The molecule has 0 aliphatic heterocycles. The Morgan fingerprint density at radius 2 is 1.90 bits per heavy atom. The van der Waals surface area contributed by atoms with Crippen molar-refractivity contribution in [2.24, 2.45) is 0 Å². The van der Waals surface area contributed by atoms with Gasteiger partial charge in [-0.2, -0.15) is 0 Å². The molecular weight excluding hydrogens is 288 g/mol. The molecule has 0 aliphatic carbocycles. The maximum atomic E-state index is 12.4. The summed E-state index contributed by atoms with van der Waals surface area (Å²) in [5.41, 5.74) is 7.64. The highest BCUT2D eigenvalue weighted by Crippen LogP contribution is 2.27. The van der Waals surface area contributed by atoms with Gasteiger partial charge in [0, 0.05) is 5.69 Å². The van der Waals surface area contributed by atoms with Gasteiger partial charge in [0.15, 0.2) is 0 Å². The molecule has 0 saturated heterocycles. The molecule has 0 radical (unpaired) electrons. The van der Waals surface area contributed by atoms with E-state index in [9.17, 15) is 8.42 Å². The van der Waals surface area contributed by atoms with Crippen LogP contribution in [-0.4, -0.2) is 15.5 Å². The molecule has 6 heteroatoms. The Hall–Kier alpha value is -2.21. The van der Waals surface area contributed by atoms with Crippen LogP contribution < -0.4 is 15.2 Å². The Bertz CT molecular complexity index is 742. The van der Waals surface area contributed by atoms with E-state index in [2.05, 4.69) is 4.72 Å². The second-order valence-electron chi connectivity index (χ2n) is 4.52. The molecule has 2 rings (SSSR count). The molecule has 3 N–H and O–H groups in total. The third kappa shape index (κ3) is 3.28. The van der Waals surface area contributed by atoms with E-state index in [1.165, 1.54) is 13.2 Å². The summed E-state index contributed by atoms with van der Waals surface area (Å²) < 4.78 is 32.4. The van der Waals surface area contributed by atoms with Crippen LogP contribution in [0.3, 0.4) is 0 Å². The molecule has 5 nitrogen and oxygen atoms in total. The van der Waals surface area contributed by atoms with Crippen LogP contribution in [0, 0.1) is 0 Å². The Kier molecular flexibility index (Phi) is 4.37. The Labute approximate surface area is 124 Å². The van der Waals surface area contributed by atoms with Gasteiger partial charge in [0.2, 0.25) is 0 Å². The molecule has 0 amide bonds. The lowest BCUT2D eigenvalue weighted by Gasteiger charge is -2.12. The van der Waals surface area contributed by atoms with Crippen LogP contribution in [0.4, 0.5) is 11.4 Å². The van der Waals surface area contributed by atoms with Crippen LogP contribution >= 0.6 is 0 Å². The maximum absolute atomic E-state index is 12.4. The zero-order chi connectivity index (χ0) is 15.5. The largest absolute Gasteiger partial charge is 0.495 e. The van der Waals surface area contributed by atoms with Crippen LogP contribution in [0.1, 0.15) is 12.5 Å². The highest BCUT2D eigenvalue weighted by molar-refractivity contribution is 7.92. The fraction of sp³-hybridized carbons (Fsp3) is 0.200. The predicted molar refractivity (Wildman–Crippen MR) is 84.0 cm³/mol. The summed E-state index contributed by atoms with van der Waals surface area (Å²) in [5.74, 6) is 0.458. The van der Waals surface area contributed by atoms with Crippen molar-refractivity contribution >= 4 is 21.4 Å². The van der Waals surface area contributed by atoms with Gasteiger partial charge in [-0.3, -0.25) is 4.72 Å². The first-order valence-corrected chi connectivity index (χ1v) is 8.00. The number of methoxy groups -OCH3 is 1. The van der Waals surface area contributed by atoms with Gasteiger partial charge in [-0.05, 0) is 36.2 Å². The van der Waals surface area contributed by atoms with Crippen molar-refractivity contribution in [3.63, 3.8) is 0 Å². The molecular formula is C15H18N2O3S. The summed E-state index contributed by atoms with van der Waals surface area (Å²) in [6.07, 6.45) is 0.756. The van der Waals surface area contributed by atoms with Crippen LogP contribution in [0.5, 0.6) is 5.75 Å². The van der Waals surface area contributed by atoms with Gasteiger partial charge in [0.25, 0.3) is 10.0 Å². The van der Waals surface area contributed by atoms with Crippen LogP contribution in [0.2, 0.25) is 0 Å². The lowest BCUT2D eigenvalue weighted by molar-refractivity contribution is 0.417. The van der Waals surface area contributed by atoms with E-state index in [-0.39, 0.29) is 4.90 Å². The minimum Gasteiger partial charge on any atom is -0.495 e. The van der Waals surface area contributed by atoms with Gasteiger partial charge in [-0.1, -0.05) is 25.1 Å². The van der Waals surface area contributed by atoms with Crippen molar-refractivity contribution in [1.82, 2.24) is 0 Å². The molecule has 2 aromatic rings. The molecule has 0 atom stereocenters. The van der Waals surface area contributed by atoms with Gasteiger partial charge in [0.05, 0.1) is 17.7 Å². The SMILES string of the molecule is CCc1ccc(S(=O)(=O)Nc2ccccc2OC)cc1N. The minimum absolute atomic E-state index is 0.128. The number of benzene rings is 2. The molecule has 21 heavy (non-hydrogen) atoms. The zero-order valence-electron chi connectivity index (χ0n) is 12.0. The van der Waals surface area contributed by atoms with Crippen molar-refractivity contribution in [2.75, 3.05) is 17.6 Å². The fourth-order valence-electron chi connectivity index (χ4n) is 1.99. The number of nitrogens with two attached hydrogens (primary N) is 1. The van der Waals surface area contributed by atoms with Crippen LogP contribution in [0.25, 0.3) is 0 Å². The molecule has 0 fully saturated rings. The van der Waals surface area contributed by atoms with Crippen molar-refractivity contribution in [3.05, 3.63) is 48.0 Å². The number of anilines is 2. The van der Waals surface area contributed by atoms with Gasteiger partial charge >= 0.3 is 0 Å². The van der Waals surface area contributed by atoms with E-state index >= 15 is 0 Å². The molecule has 112 valence electrons. The Morgan fingerprint density at radius 3 is 2.52 bits per heavy atom. The number of rotatable bonds is 5. The zero-order valence-corrected chi connectivity index (χ0v) is 12.8. The third-order valence-electron chi connectivity index (χ3n) is 3.16. The molecule has 0 aromatic heterocycles. The average molecular weight is 306 g/mol. The summed E-state index contributed by atoms with van der Waals surface area (Å²) in [6.45, 7) is 1.97. The number of sulfonamides is 1. The average Bonchev–Trinajstić information content (AvgIpc) is 2.47. The first kappa shape index (κ1) is 15.2. The monoisotopic (exact) mass is 306 g/mol. The highest BCUT2D eigenvalue weighted by Gasteiger charge is 2.17. The summed E-state index contributed by atoms with van der Waals surface area (Å²) in [6, 6.07) is 11.6. The Morgan fingerprint density at radius 1 is 1.19 bits per heavy atom. The van der Waals surface area contributed by atoms with E-state index in [1.807, 2.05) is 6.92 Å². The summed E-state index contributed by atoms with van der Waals surface area (Å²) in [4.78, 5) is 0.128. The summed E-state index contributed by atoms with van der Waals surface area (Å²) in [7, 11) is -2.22. The van der Waals surface area contributed by atoms with Crippen molar-refractivity contribution in [3.8, 4) is 5.75 Å². The summed E-state index contributed by atoms with van der Waals surface area (Å²) >= 11 is 0. The molecule has 0 saturated carbocycles. The smallest absolute Gasteiger partial charge is 0.262 e. The fourth-order valence-corrected chi connectivity index (χ4v) is 3.10. The molecule has 0 spiro atoms. The molecule has 0 bridgehead atoms. The first-order chi connectivity index (χ1) is 9.97. The maximum Gasteiger partial charge on any atom is 0.262 e. The number of hydrogen-bond acceptors (Lipinski definition) is 4. The van der Waals surface area contributed by atoms with Crippen LogP contribution in [0.15, 0.2) is 47.4 Å². The van der Waals surface area contributed by atoms with E-state index in [4.69, 9.17) is 10.5 Å². The second-order valence-corrected chi connectivity index (χ2v) is 6.20. The molecule has 0 unspecified atom stereocenters. The van der Waals surface area contributed by atoms with Crippen molar-refractivity contribution < 1.29 is 13.2 Å². The topological polar surface area (TPSA) is 81.4 Å². The van der Waals surface area contributed by atoms with Crippen LogP contribution in [-0.2, 0) is 16.4 Å². The summed E-state index contributed by atoms with van der Waals surface area (Å²) in [5, 5.41) is 0. The minimum atomic E-state index is -3.70. The third-order valence-corrected chi connectivity index (χ3v) is 4.52. The number of nitrogen functional groups attached to an aromatic ring is 1. The van der Waals surface area contributed by atoms with Gasteiger partial charge in [-0.15, -0.1) is 0 Å². The highest BCUT2D eigenvalue weighted by atomic mass is 32.2. The normalized spacial score (nSPS) is 11.1. The quantitative estimate of drug-likeness (QED) is 0.832. The van der Waals surface area contributed by atoms with Gasteiger partial charge < -0.3 is 10.5 Å². The lowest BCUT2D eigenvalue weighted by atomic mass is 10.1. The first-order valence-electron chi connectivity index (χ1n) is 6.52. The number of nitrogens with one attached hydrogen (secondary N) is 1.